The number of halogens is 2. The summed E-state index contributed by atoms with van der Waals surface area (Å²) in [6.07, 6.45) is 1.46. The zero-order valence-corrected chi connectivity index (χ0v) is 16.8. The number of anilines is 2. The number of aryl methyl sites for hydroxylation is 1. The number of sulfonamides is 1. The fraction of sp³-hybridized carbons (Fsp3) is 0.0556. The highest BCUT2D eigenvalue weighted by Crippen LogP contribution is 2.21. The number of hydrogen-bond donors (Lipinski definition) is 2. The summed E-state index contributed by atoms with van der Waals surface area (Å²) in [5.74, 6) is -0.443. The minimum atomic E-state index is -3.86. The van der Waals surface area contributed by atoms with Gasteiger partial charge in [-0.1, -0.05) is 23.2 Å². The number of rotatable bonds is 5. The van der Waals surface area contributed by atoms with Crippen molar-refractivity contribution in [3.8, 4) is 0 Å². The molecule has 0 spiro atoms. The first-order valence-electron chi connectivity index (χ1n) is 7.93. The number of nitrogens with zero attached hydrogens (tertiary/aromatic N) is 2. The molecule has 0 radical (unpaired) electrons. The Morgan fingerprint density at radius 1 is 1.00 bits per heavy atom. The predicted octanol–water partition coefficient (Wildman–Crippen LogP) is 4.14. The molecule has 7 nitrogen and oxygen atoms in total. The zero-order valence-electron chi connectivity index (χ0n) is 14.5. The molecule has 0 bridgehead atoms. The first-order chi connectivity index (χ1) is 13.2. The van der Waals surface area contributed by atoms with Crippen molar-refractivity contribution in [2.24, 2.45) is 0 Å². The van der Waals surface area contributed by atoms with Crippen molar-refractivity contribution in [2.75, 3.05) is 10.0 Å². The van der Waals surface area contributed by atoms with Crippen LogP contribution in [0.4, 0.5) is 11.6 Å². The second-order valence-electron chi connectivity index (χ2n) is 5.76. The Morgan fingerprint density at radius 3 is 2.25 bits per heavy atom. The van der Waals surface area contributed by atoms with Crippen LogP contribution in [0, 0.1) is 6.92 Å². The molecule has 3 rings (SSSR count). The molecule has 0 aliphatic carbocycles. The molecule has 3 aromatic rings. The average molecular weight is 437 g/mol. The van der Waals surface area contributed by atoms with Crippen LogP contribution >= 0.6 is 23.2 Å². The summed E-state index contributed by atoms with van der Waals surface area (Å²) in [6, 6.07) is 11.8. The monoisotopic (exact) mass is 436 g/mol. The van der Waals surface area contributed by atoms with Crippen molar-refractivity contribution >= 4 is 50.8 Å². The summed E-state index contributed by atoms with van der Waals surface area (Å²) in [6.45, 7) is 1.73. The van der Waals surface area contributed by atoms with E-state index in [1.54, 1.807) is 13.0 Å². The molecule has 10 heteroatoms. The number of hydrogen-bond acceptors (Lipinski definition) is 5. The third-order valence-electron chi connectivity index (χ3n) is 3.57. The molecule has 0 unspecified atom stereocenters. The van der Waals surface area contributed by atoms with Gasteiger partial charge in [0.2, 0.25) is 5.95 Å². The van der Waals surface area contributed by atoms with E-state index in [9.17, 15) is 13.2 Å². The van der Waals surface area contributed by atoms with E-state index in [2.05, 4.69) is 20.0 Å². The van der Waals surface area contributed by atoms with Gasteiger partial charge in [-0.2, -0.15) is 0 Å². The van der Waals surface area contributed by atoms with E-state index in [0.29, 0.717) is 21.4 Å². The predicted molar refractivity (Wildman–Crippen MR) is 108 cm³/mol. The van der Waals surface area contributed by atoms with E-state index in [4.69, 9.17) is 23.2 Å². The topological polar surface area (TPSA) is 101 Å². The van der Waals surface area contributed by atoms with E-state index in [1.165, 1.54) is 48.7 Å². The lowest BCUT2D eigenvalue weighted by atomic mass is 10.2. The Bertz CT molecular complexity index is 1120. The SMILES string of the molecule is Cc1ccnc(NS(=O)(=O)c2ccc(NC(=O)c3cc(Cl)cc(Cl)c3)cc2)n1. The van der Waals surface area contributed by atoms with Crippen molar-refractivity contribution in [3.63, 3.8) is 0 Å². The number of carbonyl (C=O) groups is 1. The number of benzene rings is 2. The first-order valence-corrected chi connectivity index (χ1v) is 10.2. The van der Waals surface area contributed by atoms with Gasteiger partial charge in [-0.05, 0) is 55.5 Å². The Balaban J connectivity index is 1.74. The summed E-state index contributed by atoms with van der Waals surface area (Å²) in [5.41, 5.74) is 1.33. The van der Waals surface area contributed by atoms with Crippen LogP contribution in [0.3, 0.4) is 0 Å². The van der Waals surface area contributed by atoms with Gasteiger partial charge in [-0.3, -0.25) is 4.79 Å². The average Bonchev–Trinajstić information content (AvgIpc) is 2.61. The summed E-state index contributed by atoms with van der Waals surface area (Å²) in [7, 11) is -3.86. The fourth-order valence-corrected chi connectivity index (χ4v) is 3.76. The van der Waals surface area contributed by atoms with Crippen LogP contribution in [0.1, 0.15) is 16.1 Å². The minimum Gasteiger partial charge on any atom is -0.322 e. The highest BCUT2D eigenvalue weighted by molar-refractivity contribution is 7.92. The maximum Gasteiger partial charge on any atom is 0.264 e. The Labute approximate surface area is 171 Å². The van der Waals surface area contributed by atoms with Gasteiger partial charge in [0.05, 0.1) is 4.90 Å². The number of amides is 1. The second-order valence-corrected chi connectivity index (χ2v) is 8.32. The molecule has 28 heavy (non-hydrogen) atoms. The van der Waals surface area contributed by atoms with Crippen LogP contribution in [0.2, 0.25) is 10.0 Å². The summed E-state index contributed by atoms with van der Waals surface area (Å²) < 4.78 is 27.2. The number of carbonyl (C=O) groups excluding carboxylic acids is 1. The van der Waals surface area contributed by atoms with Crippen LogP contribution in [0.25, 0.3) is 0 Å². The first kappa shape index (κ1) is 20.1. The molecule has 1 heterocycles. The fourth-order valence-electron chi connectivity index (χ4n) is 2.28. The lowest BCUT2D eigenvalue weighted by Crippen LogP contribution is -2.16. The molecule has 0 fully saturated rings. The maximum absolute atomic E-state index is 12.4. The summed E-state index contributed by atoms with van der Waals surface area (Å²) in [4.78, 5) is 20.2. The molecule has 0 atom stereocenters. The Kier molecular flexibility index (Phi) is 5.83. The molecular formula is C18H14Cl2N4O3S. The molecule has 144 valence electrons. The van der Waals surface area contributed by atoms with Crippen LogP contribution in [-0.2, 0) is 10.0 Å². The smallest absolute Gasteiger partial charge is 0.264 e. The molecule has 2 N–H and O–H groups in total. The van der Waals surface area contributed by atoms with Gasteiger partial charge in [-0.15, -0.1) is 0 Å². The van der Waals surface area contributed by atoms with Gasteiger partial charge in [0, 0.05) is 33.2 Å². The Hall–Kier alpha value is -2.68. The summed E-state index contributed by atoms with van der Waals surface area (Å²) >= 11 is 11.8. The van der Waals surface area contributed by atoms with Gasteiger partial charge in [0.25, 0.3) is 15.9 Å². The normalized spacial score (nSPS) is 11.1. The molecule has 0 aliphatic heterocycles. The molecule has 0 saturated carbocycles. The van der Waals surface area contributed by atoms with Gasteiger partial charge < -0.3 is 5.32 Å². The maximum atomic E-state index is 12.4. The number of nitrogens with one attached hydrogen (secondary N) is 2. The standard InChI is InChI=1S/C18H14Cl2N4O3S/c1-11-6-7-21-18(22-11)24-28(26,27)16-4-2-15(3-5-16)23-17(25)12-8-13(19)10-14(20)9-12/h2-10H,1H3,(H,23,25)(H,21,22,24). The lowest BCUT2D eigenvalue weighted by Gasteiger charge is -2.09. The van der Waals surface area contributed by atoms with Gasteiger partial charge >= 0.3 is 0 Å². The van der Waals surface area contributed by atoms with Crippen molar-refractivity contribution in [1.82, 2.24) is 9.97 Å². The molecule has 1 amide bonds. The molecular weight excluding hydrogens is 423 g/mol. The quantitative estimate of drug-likeness (QED) is 0.625. The molecule has 2 aromatic carbocycles. The van der Waals surface area contributed by atoms with E-state index in [1.807, 2.05) is 0 Å². The van der Waals surface area contributed by atoms with Crippen molar-refractivity contribution in [1.29, 1.82) is 0 Å². The summed E-state index contributed by atoms with van der Waals surface area (Å²) in [5, 5.41) is 3.33. The second kappa shape index (κ2) is 8.14. The van der Waals surface area contributed by atoms with E-state index < -0.39 is 15.9 Å². The molecule has 1 aromatic heterocycles. The third kappa shape index (κ3) is 4.98. The highest BCUT2D eigenvalue weighted by atomic mass is 35.5. The van der Waals surface area contributed by atoms with Crippen LogP contribution in [0.15, 0.2) is 59.6 Å². The van der Waals surface area contributed by atoms with Crippen molar-refractivity contribution in [2.45, 2.75) is 11.8 Å². The van der Waals surface area contributed by atoms with E-state index in [0.717, 1.165) is 0 Å². The Morgan fingerprint density at radius 2 is 1.64 bits per heavy atom. The van der Waals surface area contributed by atoms with E-state index >= 15 is 0 Å². The van der Waals surface area contributed by atoms with Crippen LogP contribution in [-0.4, -0.2) is 24.3 Å². The van der Waals surface area contributed by atoms with Gasteiger partial charge in [0.15, 0.2) is 0 Å². The minimum absolute atomic E-state index is 0.00130. The zero-order chi connectivity index (χ0) is 20.3. The third-order valence-corrected chi connectivity index (χ3v) is 5.35. The highest BCUT2D eigenvalue weighted by Gasteiger charge is 2.16. The number of aromatic nitrogens is 2. The molecule has 0 aliphatic rings. The van der Waals surface area contributed by atoms with Gasteiger partial charge in [0.1, 0.15) is 0 Å². The largest absolute Gasteiger partial charge is 0.322 e. The van der Waals surface area contributed by atoms with Crippen molar-refractivity contribution < 1.29 is 13.2 Å². The van der Waals surface area contributed by atoms with Crippen LogP contribution in [0.5, 0.6) is 0 Å². The van der Waals surface area contributed by atoms with Crippen molar-refractivity contribution in [3.05, 3.63) is 76.0 Å². The van der Waals surface area contributed by atoms with E-state index in [-0.39, 0.29) is 16.4 Å². The van der Waals surface area contributed by atoms with Crippen LogP contribution < -0.4 is 10.0 Å². The van der Waals surface area contributed by atoms with Gasteiger partial charge in [-0.25, -0.2) is 23.1 Å². The molecule has 0 saturated heterocycles. The lowest BCUT2D eigenvalue weighted by molar-refractivity contribution is 0.102.